The molecule has 1 N–H and O–H groups in total. The summed E-state index contributed by atoms with van der Waals surface area (Å²) in [5, 5.41) is 15.2. The Morgan fingerprint density at radius 2 is 1.87 bits per heavy atom. The molecule has 3 aromatic rings. The highest BCUT2D eigenvalue weighted by molar-refractivity contribution is 7.11. The zero-order chi connectivity index (χ0) is 22.4. The molecule has 3 rings (SSSR count). The molecule has 1 heterocycles. The highest BCUT2D eigenvalue weighted by atomic mass is 32.1. The molecule has 0 fully saturated rings. The Labute approximate surface area is 185 Å². The first-order valence-corrected chi connectivity index (χ1v) is 10.6. The van der Waals surface area contributed by atoms with E-state index in [1.54, 1.807) is 18.3 Å². The second-order valence-corrected chi connectivity index (χ2v) is 7.57. The van der Waals surface area contributed by atoms with Gasteiger partial charge >= 0.3 is 0 Å². The van der Waals surface area contributed by atoms with Crippen LogP contribution < -0.4 is 14.8 Å². The Hall–Kier alpha value is -3.63. The van der Waals surface area contributed by atoms with E-state index in [-0.39, 0.29) is 5.78 Å². The van der Waals surface area contributed by atoms with E-state index in [1.165, 1.54) is 38.0 Å². The molecular formula is C24H23N3O3S. The third-order valence-corrected chi connectivity index (χ3v) is 5.66. The van der Waals surface area contributed by atoms with Crippen molar-refractivity contribution in [1.29, 1.82) is 5.26 Å². The van der Waals surface area contributed by atoms with Gasteiger partial charge in [0.15, 0.2) is 17.3 Å². The predicted molar refractivity (Wildman–Crippen MR) is 124 cm³/mol. The highest BCUT2D eigenvalue weighted by Crippen LogP contribution is 2.34. The number of allylic oxidation sites excluding steroid dienone is 1. The molecule has 0 bridgehead atoms. The van der Waals surface area contributed by atoms with E-state index in [9.17, 15) is 10.1 Å². The number of nitrogens with zero attached hydrogens (tertiary/aromatic N) is 2. The van der Waals surface area contributed by atoms with Crippen LogP contribution in [0.4, 0.5) is 5.69 Å². The lowest BCUT2D eigenvalue weighted by Crippen LogP contribution is -2.03. The molecule has 0 atom stereocenters. The summed E-state index contributed by atoms with van der Waals surface area (Å²) < 4.78 is 10.6. The van der Waals surface area contributed by atoms with Crippen LogP contribution in [-0.2, 0) is 6.42 Å². The second-order valence-electron chi connectivity index (χ2n) is 6.71. The van der Waals surface area contributed by atoms with Crippen molar-refractivity contribution < 1.29 is 14.3 Å². The molecule has 0 aliphatic rings. The van der Waals surface area contributed by atoms with E-state index < -0.39 is 0 Å². The largest absolute Gasteiger partial charge is 0.493 e. The number of hydrogen-bond acceptors (Lipinski definition) is 7. The van der Waals surface area contributed by atoms with Crippen LogP contribution in [0.5, 0.6) is 11.5 Å². The van der Waals surface area contributed by atoms with E-state index in [4.69, 9.17) is 9.47 Å². The first kappa shape index (κ1) is 22.1. The molecule has 0 saturated carbocycles. The molecule has 7 heteroatoms. The lowest BCUT2D eigenvalue weighted by Gasteiger charge is -2.13. The van der Waals surface area contributed by atoms with Crippen LogP contribution in [0.25, 0.3) is 16.8 Å². The number of aryl methyl sites for hydroxylation is 1. The molecule has 0 radical (unpaired) electrons. The number of thiazole rings is 1. The minimum absolute atomic E-state index is 0.137. The molecule has 0 aliphatic heterocycles. The number of ketones is 1. The number of carbonyl (C=O) groups is 1. The minimum Gasteiger partial charge on any atom is -0.493 e. The average Bonchev–Trinajstić information content (AvgIpc) is 3.29. The topological polar surface area (TPSA) is 84.2 Å². The van der Waals surface area contributed by atoms with Gasteiger partial charge < -0.3 is 14.8 Å². The fourth-order valence-electron chi connectivity index (χ4n) is 3.02. The number of anilines is 1. The summed E-state index contributed by atoms with van der Waals surface area (Å²) in [6, 6.07) is 13.7. The number of methoxy groups -OCH3 is 2. The SMILES string of the molecule is CCc1ccc(-c2csc(C(C#N)=CNc3cc(OC)c(OC)cc3C(C)=O)n2)cc1. The van der Waals surface area contributed by atoms with Gasteiger partial charge in [0.25, 0.3) is 0 Å². The number of benzene rings is 2. The van der Waals surface area contributed by atoms with Gasteiger partial charge in [-0.2, -0.15) is 5.26 Å². The normalized spacial score (nSPS) is 11.0. The maximum atomic E-state index is 12.1. The number of hydrogen-bond donors (Lipinski definition) is 1. The fraction of sp³-hybridized carbons (Fsp3) is 0.208. The van der Waals surface area contributed by atoms with Gasteiger partial charge in [-0.15, -0.1) is 11.3 Å². The molecule has 2 aromatic carbocycles. The van der Waals surface area contributed by atoms with Crippen LogP contribution in [0.3, 0.4) is 0 Å². The van der Waals surface area contributed by atoms with Crippen molar-refractivity contribution in [2.75, 3.05) is 19.5 Å². The number of Topliss-reactive ketones (excluding diaryl/α,β-unsaturated/α-hetero) is 1. The van der Waals surface area contributed by atoms with Gasteiger partial charge in [0.2, 0.25) is 0 Å². The van der Waals surface area contributed by atoms with Crippen molar-refractivity contribution in [3.63, 3.8) is 0 Å². The smallest absolute Gasteiger partial charge is 0.162 e. The summed E-state index contributed by atoms with van der Waals surface area (Å²) in [5.41, 5.74) is 4.40. The fourth-order valence-corrected chi connectivity index (χ4v) is 3.82. The van der Waals surface area contributed by atoms with Crippen LogP contribution >= 0.6 is 11.3 Å². The van der Waals surface area contributed by atoms with E-state index in [2.05, 4.69) is 35.4 Å². The maximum Gasteiger partial charge on any atom is 0.162 e. The van der Waals surface area contributed by atoms with Gasteiger partial charge in [0.1, 0.15) is 16.6 Å². The molecule has 158 valence electrons. The first-order valence-electron chi connectivity index (χ1n) is 9.69. The predicted octanol–water partition coefficient (Wildman–Crippen LogP) is 5.57. The van der Waals surface area contributed by atoms with Gasteiger partial charge in [-0.1, -0.05) is 31.2 Å². The molecule has 0 saturated heterocycles. The maximum absolute atomic E-state index is 12.1. The molecule has 0 unspecified atom stereocenters. The second kappa shape index (κ2) is 9.92. The number of aromatic nitrogens is 1. The van der Waals surface area contributed by atoms with Crippen LogP contribution in [0.2, 0.25) is 0 Å². The van der Waals surface area contributed by atoms with Crippen molar-refractivity contribution in [3.05, 3.63) is 64.1 Å². The van der Waals surface area contributed by atoms with Crippen molar-refractivity contribution >= 4 is 28.4 Å². The zero-order valence-corrected chi connectivity index (χ0v) is 18.7. The van der Waals surface area contributed by atoms with Crippen LogP contribution in [0.15, 0.2) is 48.0 Å². The molecule has 6 nitrogen and oxygen atoms in total. The molecule has 1 aromatic heterocycles. The van der Waals surface area contributed by atoms with Gasteiger partial charge in [0.05, 0.1) is 25.6 Å². The summed E-state index contributed by atoms with van der Waals surface area (Å²) in [7, 11) is 3.04. The molecule has 0 aliphatic carbocycles. The van der Waals surface area contributed by atoms with Crippen molar-refractivity contribution in [1.82, 2.24) is 4.98 Å². The van der Waals surface area contributed by atoms with Gasteiger partial charge in [-0.25, -0.2) is 4.98 Å². The third kappa shape index (κ3) is 4.93. The monoisotopic (exact) mass is 433 g/mol. The summed E-state index contributed by atoms with van der Waals surface area (Å²) in [5.74, 6) is 0.804. The van der Waals surface area contributed by atoms with Crippen molar-refractivity contribution in [2.45, 2.75) is 20.3 Å². The third-order valence-electron chi connectivity index (χ3n) is 4.79. The van der Waals surface area contributed by atoms with E-state index in [0.29, 0.717) is 33.3 Å². The van der Waals surface area contributed by atoms with Crippen LogP contribution in [-0.4, -0.2) is 25.0 Å². The Bertz CT molecular complexity index is 1160. The Morgan fingerprint density at radius 3 is 2.45 bits per heavy atom. The molecular weight excluding hydrogens is 410 g/mol. The average molecular weight is 434 g/mol. The summed E-state index contributed by atoms with van der Waals surface area (Å²) in [6.45, 7) is 3.58. The Kier molecular flexibility index (Phi) is 7.06. The summed E-state index contributed by atoms with van der Waals surface area (Å²) in [4.78, 5) is 16.7. The van der Waals surface area contributed by atoms with Gasteiger partial charge in [-0.05, 0) is 25.0 Å². The number of nitrogens with one attached hydrogen (secondary N) is 1. The Morgan fingerprint density at radius 1 is 1.19 bits per heavy atom. The van der Waals surface area contributed by atoms with Crippen LogP contribution in [0, 0.1) is 11.3 Å². The van der Waals surface area contributed by atoms with E-state index in [1.807, 2.05) is 17.5 Å². The standard InChI is InChI=1S/C24H23N3O3S/c1-5-16-6-8-17(9-7-16)21-14-31-24(27-21)18(12-25)13-26-20-11-23(30-4)22(29-3)10-19(20)15(2)28/h6-11,13-14,26H,5H2,1-4H3. The molecule has 0 amide bonds. The number of nitriles is 1. The highest BCUT2D eigenvalue weighted by Gasteiger charge is 2.15. The lowest BCUT2D eigenvalue weighted by atomic mass is 10.1. The number of rotatable bonds is 8. The lowest BCUT2D eigenvalue weighted by molar-refractivity contribution is 0.101. The summed E-state index contributed by atoms with van der Waals surface area (Å²) in [6.07, 6.45) is 2.53. The summed E-state index contributed by atoms with van der Waals surface area (Å²) >= 11 is 1.39. The van der Waals surface area contributed by atoms with Crippen molar-refractivity contribution in [3.8, 4) is 28.8 Å². The first-order chi connectivity index (χ1) is 15.0. The van der Waals surface area contributed by atoms with Crippen molar-refractivity contribution in [2.24, 2.45) is 0 Å². The molecule has 0 spiro atoms. The number of carbonyl (C=O) groups excluding carboxylic acids is 1. The van der Waals surface area contributed by atoms with Crippen LogP contribution in [0.1, 0.15) is 34.8 Å². The minimum atomic E-state index is -0.137. The zero-order valence-electron chi connectivity index (χ0n) is 17.9. The van der Waals surface area contributed by atoms with Gasteiger partial charge in [0, 0.05) is 28.8 Å². The molecule has 31 heavy (non-hydrogen) atoms. The van der Waals surface area contributed by atoms with E-state index in [0.717, 1.165) is 17.7 Å². The van der Waals surface area contributed by atoms with Gasteiger partial charge in [-0.3, -0.25) is 4.79 Å². The quantitative estimate of drug-likeness (QED) is 0.369. The Balaban J connectivity index is 1.90. The number of ether oxygens (including phenoxy) is 2. The van der Waals surface area contributed by atoms with E-state index >= 15 is 0 Å².